The molecule has 3 rings (SSSR count). The van der Waals surface area contributed by atoms with Crippen molar-refractivity contribution in [1.29, 1.82) is 0 Å². The van der Waals surface area contributed by atoms with Gasteiger partial charge in [-0.05, 0) is 50.3 Å². The molecule has 6 nitrogen and oxygen atoms in total. The molecule has 0 spiro atoms. The highest BCUT2D eigenvalue weighted by Crippen LogP contribution is 2.34. The molecule has 1 heterocycles. The average molecular weight is 419 g/mol. The molecule has 0 bridgehead atoms. The molecule has 1 aliphatic rings. The topological polar surface area (TPSA) is 78.3 Å². The summed E-state index contributed by atoms with van der Waals surface area (Å²) >= 11 is 0. The molecular weight excluding hydrogens is 388 g/mol. The van der Waals surface area contributed by atoms with Crippen LogP contribution in [-0.2, 0) is 28.6 Å². The van der Waals surface area contributed by atoms with Crippen LogP contribution in [0.1, 0.15) is 62.0 Å². The molecule has 2 aromatic rings. The fourth-order valence-electron chi connectivity index (χ4n) is 3.56. The van der Waals surface area contributed by atoms with E-state index in [9.17, 15) is 13.2 Å². The number of carbonyl (C=O) groups is 1. The van der Waals surface area contributed by atoms with Crippen LogP contribution in [0.25, 0.3) is 0 Å². The van der Waals surface area contributed by atoms with Gasteiger partial charge >= 0.3 is 0 Å². The van der Waals surface area contributed by atoms with E-state index in [1.807, 2.05) is 10.8 Å². The maximum Gasteiger partial charge on any atom is 0.163 e. The molecule has 1 atom stereocenters. The maximum absolute atomic E-state index is 12.7. The van der Waals surface area contributed by atoms with Gasteiger partial charge in [0.15, 0.2) is 15.6 Å². The molecule has 7 heteroatoms. The van der Waals surface area contributed by atoms with Crippen LogP contribution in [0, 0.1) is 5.92 Å². The fraction of sp³-hybridized carbons (Fsp3) is 0.545. The van der Waals surface area contributed by atoms with Crippen LogP contribution in [0.3, 0.4) is 0 Å². The van der Waals surface area contributed by atoms with Gasteiger partial charge < -0.3 is 9.30 Å². The molecule has 1 aliphatic carbocycles. The third-order valence-corrected chi connectivity index (χ3v) is 7.68. The van der Waals surface area contributed by atoms with Crippen LogP contribution in [0.15, 0.2) is 30.9 Å². The van der Waals surface area contributed by atoms with Crippen molar-refractivity contribution in [2.75, 3.05) is 0 Å². The van der Waals surface area contributed by atoms with Gasteiger partial charge in [0.1, 0.15) is 11.9 Å². The number of Topliss-reactive ketones (excluding diaryl/α,β-unsaturated/α-hetero) is 1. The normalized spacial score (nSPS) is 15.6. The van der Waals surface area contributed by atoms with E-state index in [0.717, 1.165) is 12.0 Å². The van der Waals surface area contributed by atoms with Crippen LogP contribution in [-0.4, -0.2) is 35.1 Å². The zero-order chi connectivity index (χ0) is 21.2. The second kappa shape index (κ2) is 8.69. The summed E-state index contributed by atoms with van der Waals surface area (Å²) in [5.41, 5.74) is 2.14. The number of hydrogen-bond acceptors (Lipinski definition) is 5. The van der Waals surface area contributed by atoms with E-state index in [-0.39, 0.29) is 23.6 Å². The summed E-state index contributed by atoms with van der Waals surface area (Å²) in [6.07, 6.45) is 7.16. The molecule has 0 radical (unpaired) electrons. The Morgan fingerprint density at radius 2 is 1.93 bits per heavy atom. The number of fused-ring (bicyclic) bond motifs is 1. The van der Waals surface area contributed by atoms with Crippen LogP contribution >= 0.6 is 0 Å². The lowest BCUT2D eigenvalue weighted by molar-refractivity contribution is 0.0971. The third-order valence-electron chi connectivity index (χ3n) is 5.55. The Morgan fingerprint density at radius 1 is 1.17 bits per heavy atom. The standard InChI is InChI=1S/C22H30N2O4S/c1-15(2)22(12-24-11-10-23-14-24)28-21-9-8-18-17(6-5-7-20(18)25)19(21)13-29(26,27)16(3)4/h8-11,14-16,22H,5-7,12-13H2,1-4H3/t22-/m1/s1. The first-order valence-corrected chi connectivity index (χ1v) is 11.9. The predicted octanol–water partition coefficient (Wildman–Crippen LogP) is 3.83. The van der Waals surface area contributed by atoms with Crippen molar-refractivity contribution in [2.24, 2.45) is 5.92 Å². The zero-order valence-electron chi connectivity index (χ0n) is 17.6. The molecule has 0 amide bonds. The molecule has 0 N–H and O–H groups in total. The summed E-state index contributed by atoms with van der Waals surface area (Å²) in [6, 6.07) is 3.57. The van der Waals surface area contributed by atoms with Crippen molar-refractivity contribution >= 4 is 15.6 Å². The van der Waals surface area contributed by atoms with E-state index in [1.165, 1.54) is 0 Å². The van der Waals surface area contributed by atoms with Crippen molar-refractivity contribution in [3.8, 4) is 5.75 Å². The summed E-state index contributed by atoms with van der Waals surface area (Å²) in [5.74, 6) is 0.762. The lowest BCUT2D eigenvalue weighted by atomic mass is 9.87. The van der Waals surface area contributed by atoms with E-state index in [2.05, 4.69) is 18.8 Å². The van der Waals surface area contributed by atoms with Gasteiger partial charge in [0.05, 0.1) is 23.9 Å². The number of carbonyl (C=O) groups excluding carboxylic acids is 1. The average Bonchev–Trinajstić information content (AvgIpc) is 3.16. The highest BCUT2D eigenvalue weighted by atomic mass is 32.2. The fourth-order valence-corrected chi connectivity index (χ4v) is 4.62. The van der Waals surface area contributed by atoms with E-state index < -0.39 is 15.1 Å². The van der Waals surface area contributed by atoms with Gasteiger partial charge in [-0.3, -0.25) is 4.79 Å². The molecule has 1 aromatic carbocycles. The number of sulfone groups is 1. The van der Waals surface area contributed by atoms with Crippen LogP contribution in [0.4, 0.5) is 0 Å². The van der Waals surface area contributed by atoms with Gasteiger partial charge in [-0.1, -0.05) is 13.8 Å². The number of imidazole rings is 1. The Kier molecular flexibility index (Phi) is 6.46. The molecule has 0 unspecified atom stereocenters. The van der Waals surface area contributed by atoms with Crippen molar-refractivity contribution in [3.05, 3.63) is 47.5 Å². The first kappa shape index (κ1) is 21.6. The van der Waals surface area contributed by atoms with Crippen molar-refractivity contribution in [3.63, 3.8) is 0 Å². The highest BCUT2D eigenvalue weighted by Gasteiger charge is 2.28. The second-order valence-corrected chi connectivity index (χ2v) is 10.9. The zero-order valence-corrected chi connectivity index (χ0v) is 18.4. The Hall–Kier alpha value is -2.15. The van der Waals surface area contributed by atoms with Gasteiger partial charge in [-0.25, -0.2) is 13.4 Å². The lowest BCUT2D eigenvalue weighted by Crippen LogP contribution is -2.29. The minimum atomic E-state index is -3.34. The molecule has 158 valence electrons. The molecule has 29 heavy (non-hydrogen) atoms. The summed E-state index contributed by atoms with van der Waals surface area (Å²) < 4.78 is 33.8. The lowest BCUT2D eigenvalue weighted by Gasteiger charge is -2.27. The molecular formula is C22H30N2O4S. The van der Waals surface area contributed by atoms with Gasteiger partial charge in [0, 0.05) is 29.9 Å². The van der Waals surface area contributed by atoms with Gasteiger partial charge in [0.25, 0.3) is 0 Å². The van der Waals surface area contributed by atoms with E-state index >= 15 is 0 Å². The third kappa shape index (κ3) is 4.89. The Labute approximate surface area is 173 Å². The Morgan fingerprint density at radius 3 is 2.55 bits per heavy atom. The number of rotatable bonds is 8. The number of nitrogens with zero attached hydrogens (tertiary/aromatic N) is 2. The summed E-state index contributed by atoms with van der Waals surface area (Å²) in [6.45, 7) is 8.14. The maximum atomic E-state index is 12.7. The van der Waals surface area contributed by atoms with E-state index in [4.69, 9.17) is 4.74 Å². The number of aromatic nitrogens is 2. The molecule has 0 saturated carbocycles. The number of hydrogen-bond donors (Lipinski definition) is 0. The summed E-state index contributed by atoms with van der Waals surface area (Å²) in [5, 5.41) is -0.489. The molecule has 0 fully saturated rings. The van der Waals surface area contributed by atoms with E-state index in [1.54, 1.807) is 38.5 Å². The monoisotopic (exact) mass is 418 g/mol. The van der Waals surface area contributed by atoms with Crippen molar-refractivity contribution in [1.82, 2.24) is 9.55 Å². The highest BCUT2D eigenvalue weighted by molar-refractivity contribution is 7.91. The first-order chi connectivity index (χ1) is 13.7. The molecule has 0 saturated heterocycles. The number of ketones is 1. The number of benzene rings is 1. The van der Waals surface area contributed by atoms with Crippen molar-refractivity contribution < 1.29 is 17.9 Å². The minimum absolute atomic E-state index is 0.0832. The van der Waals surface area contributed by atoms with Crippen LogP contribution in [0.5, 0.6) is 5.75 Å². The largest absolute Gasteiger partial charge is 0.488 e. The van der Waals surface area contributed by atoms with Gasteiger partial charge in [-0.2, -0.15) is 0 Å². The second-order valence-electron chi connectivity index (χ2n) is 8.36. The smallest absolute Gasteiger partial charge is 0.163 e. The van der Waals surface area contributed by atoms with Gasteiger partial charge in [0.2, 0.25) is 0 Å². The van der Waals surface area contributed by atoms with E-state index in [0.29, 0.717) is 36.3 Å². The number of ether oxygens (including phenoxy) is 1. The first-order valence-electron chi connectivity index (χ1n) is 10.2. The quantitative estimate of drug-likeness (QED) is 0.651. The SMILES string of the molecule is CC(C)[C@@H](Cn1ccnc1)Oc1ccc2c(c1CS(=O)(=O)C(C)C)CCCC2=O. The van der Waals surface area contributed by atoms with Crippen molar-refractivity contribution in [2.45, 2.75) is 70.6 Å². The Bertz CT molecular complexity index is 963. The molecule has 0 aliphatic heterocycles. The predicted molar refractivity (Wildman–Crippen MR) is 113 cm³/mol. The summed E-state index contributed by atoms with van der Waals surface area (Å²) in [7, 11) is -3.34. The minimum Gasteiger partial charge on any atom is -0.488 e. The van der Waals surface area contributed by atoms with Crippen LogP contribution < -0.4 is 4.74 Å². The summed E-state index contributed by atoms with van der Waals surface area (Å²) in [4.78, 5) is 16.5. The van der Waals surface area contributed by atoms with Gasteiger partial charge in [-0.15, -0.1) is 0 Å². The molecule has 1 aromatic heterocycles. The van der Waals surface area contributed by atoms with Crippen LogP contribution in [0.2, 0.25) is 0 Å². The Balaban J connectivity index is 2.01.